The van der Waals surface area contributed by atoms with Gasteiger partial charge >= 0.3 is 0 Å². The predicted molar refractivity (Wildman–Crippen MR) is 123 cm³/mol. The Labute approximate surface area is 184 Å². The van der Waals surface area contributed by atoms with Crippen LogP contribution in [0.3, 0.4) is 0 Å². The Morgan fingerprint density at radius 3 is 2.68 bits per heavy atom. The monoisotopic (exact) mass is 415 g/mol. The van der Waals surface area contributed by atoms with Crippen LogP contribution in [0.2, 0.25) is 0 Å². The molecule has 0 aliphatic carbocycles. The Morgan fingerprint density at radius 2 is 1.90 bits per heavy atom. The highest BCUT2D eigenvalue weighted by Gasteiger charge is 2.06. The fraction of sp³-hybridized carbons (Fsp3) is 0.308. The first-order valence-corrected chi connectivity index (χ1v) is 10.3. The lowest BCUT2D eigenvalue weighted by atomic mass is 9.98. The van der Waals surface area contributed by atoms with Crippen LogP contribution in [0.15, 0.2) is 71.5 Å². The fourth-order valence-electron chi connectivity index (χ4n) is 2.92. The predicted octanol–water partition coefficient (Wildman–Crippen LogP) is 5.35. The van der Waals surface area contributed by atoms with Crippen molar-refractivity contribution < 1.29 is 9.15 Å². The number of benzene rings is 2. The third-order valence-corrected chi connectivity index (χ3v) is 4.36. The summed E-state index contributed by atoms with van der Waals surface area (Å²) in [5.41, 5.74) is 3.16. The average Bonchev–Trinajstić information content (AvgIpc) is 3.27. The molecule has 0 saturated carbocycles. The lowest BCUT2D eigenvalue weighted by molar-refractivity contribution is 0.304. The third kappa shape index (κ3) is 7.76. The maximum atomic E-state index is 6.01. The lowest BCUT2D eigenvalue weighted by Crippen LogP contribution is -2.17. The van der Waals surface area contributed by atoms with Gasteiger partial charge in [0, 0.05) is 24.1 Å². The number of ether oxygens (including phenoxy) is 1. The van der Waals surface area contributed by atoms with E-state index in [1.54, 1.807) is 0 Å². The van der Waals surface area contributed by atoms with E-state index in [1.807, 2.05) is 42.5 Å². The van der Waals surface area contributed by atoms with Crippen molar-refractivity contribution in [2.24, 2.45) is 5.41 Å². The average molecular weight is 416 g/mol. The zero-order valence-electron chi connectivity index (χ0n) is 18.6. The van der Waals surface area contributed by atoms with Crippen molar-refractivity contribution in [1.29, 1.82) is 0 Å². The minimum Gasteiger partial charge on any atom is -0.489 e. The Balaban J connectivity index is 1.53. The first-order chi connectivity index (χ1) is 14.9. The Hall–Kier alpha value is -3.36. The van der Waals surface area contributed by atoms with Crippen molar-refractivity contribution in [3.05, 3.63) is 78.2 Å². The number of aromatic nitrogens is 2. The lowest BCUT2D eigenvalue weighted by Gasteiger charge is -2.15. The molecule has 0 aliphatic heterocycles. The molecular weight excluding hydrogens is 386 g/mol. The number of nitrogens with zero attached hydrogens (tertiary/aromatic N) is 3. The molecule has 160 valence electrons. The highest BCUT2D eigenvalue weighted by Crippen LogP contribution is 2.20. The van der Waals surface area contributed by atoms with E-state index < -0.39 is 0 Å². The standard InChI is InChI=1S/C26H29N3O2/c1-26(2,3)14-6-5-7-15-29(4)18-21-10-9-13-24(17-21)30-19-22-11-8-12-23(16-22)25-28-27-20-31-25/h5,7-13,16-17,20H,15,18-19H2,1-4H3. The molecule has 31 heavy (non-hydrogen) atoms. The minimum absolute atomic E-state index is 0.0326. The molecule has 0 unspecified atom stereocenters. The number of allylic oxidation sites excluding steroid dienone is 1. The summed E-state index contributed by atoms with van der Waals surface area (Å²) in [6, 6.07) is 16.1. The highest BCUT2D eigenvalue weighted by atomic mass is 16.5. The summed E-state index contributed by atoms with van der Waals surface area (Å²) in [5, 5.41) is 7.68. The molecule has 0 amide bonds. The SMILES string of the molecule is CN(CC=CC#CC(C)(C)C)Cc1cccc(OCc2cccc(-c3nnco3)c2)c1. The quantitative estimate of drug-likeness (QED) is 0.464. The van der Waals surface area contributed by atoms with Gasteiger partial charge in [0.2, 0.25) is 12.3 Å². The number of likely N-dealkylation sites (N-methyl/N-ethyl adjacent to an activating group) is 1. The van der Waals surface area contributed by atoms with Crippen LogP contribution < -0.4 is 4.74 Å². The summed E-state index contributed by atoms with van der Waals surface area (Å²) in [7, 11) is 2.10. The van der Waals surface area contributed by atoms with Gasteiger partial charge in [-0.2, -0.15) is 0 Å². The van der Waals surface area contributed by atoms with E-state index in [4.69, 9.17) is 9.15 Å². The Morgan fingerprint density at radius 1 is 1.10 bits per heavy atom. The van der Waals surface area contributed by atoms with Crippen LogP contribution in [0, 0.1) is 17.3 Å². The van der Waals surface area contributed by atoms with Crippen molar-refractivity contribution in [2.45, 2.75) is 33.9 Å². The molecule has 2 aromatic carbocycles. The van der Waals surface area contributed by atoms with E-state index in [-0.39, 0.29) is 5.41 Å². The van der Waals surface area contributed by atoms with Gasteiger partial charge in [0.05, 0.1) is 0 Å². The van der Waals surface area contributed by atoms with Crippen LogP contribution >= 0.6 is 0 Å². The first-order valence-electron chi connectivity index (χ1n) is 10.3. The van der Waals surface area contributed by atoms with Gasteiger partial charge in [0.1, 0.15) is 12.4 Å². The van der Waals surface area contributed by atoms with Crippen molar-refractivity contribution >= 4 is 0 Å². The van der Waals surface area contributed by atoms with Gasteiger partial charge in [-0.25, -0.2) is 0 Å². The van der Waals surface area contributed by atoms with E-state index in [0.717, 1.165) is 30.0 Å². The molecule has 3 aromatic rings. The van der Waals surface area contributed by atoms with Crippen LogP contribution in [0.1, 0.15) is 31.9 Å². The van der Waals surface area contributed by atoms with E-state index in [0.29, 0.717) is 12.5 Å². The van der Waals surface area contributed by atoms with Crippen molar-refractivity contribution in [3.8, 4) is 29.0 Å². The normalized spacial score (nSPS) is 11.5. The molecule has 3 rings (SSSR count). The summed E-state index contributed by atoms with van der Waals surface area (Å²) < 4.78 is 11.3. The van der Waals surface area contributed by atoms with Crippen LogP contribution in [0.4, 0.5) is 0 Å². The second-order valence-electron chi connectivity index (χ2n) is 8.50. The summed E-state index contributed by atoms with van der Waals surface area (Å²) >= 11 is 0. The van der Waals surface area contributed by atoms with Gasteiger partial charge in [-0.15, -0.1) is 10.2 Å². The maximum Gasteiger partial charge on any atom is 0.247 e. The molecule has 0 saturated heterocycles. The van der Waals surface area contributed by atoms with Crippen LogP contribution in [-0.4, -0.2) is 28.7 Å². The molecule has 0 fully saturated rings. The molecule has 0 bridgehead atoms. The molecule has 0 aliphatic rings. The second-order valence-corrected chi connectivity index (χ2v) is 8.50. The van der Waals surface area contributed by atoms with E-state index in [2.05, 4.69) is 73.0 Å². The third-order valence-electron chi connectivity index (χ3n) is 4.36. The van der Waals surface area contributed by atoms with E-state index in [9.17, 15) is 0 Å². The molecule has 0 atom stereocenters. The zero-order chi connectivity index (χ0) is 22.1. The van der Waals surface area contributed by atoms with Gasteiger partial charge in [-0.05, 0) is 69.3 Å². The maximum absolute atomic E-state index is 6.01. The molecule has 0 radical (unpaired) electrons. The van der Waals surface area contributed by atoms with Crippen LogP contribution in [0.25, 0.3) is 11.5 Å². The van der Waals surface area contributed by atoms with Crippen LogP contribution in [-0.2, 0) is 13.2 Å². The number of hydrogen-bond donors (Lipinski definition) is 0. The Bertz CT molecular complexity index is 1050. The summed E-state index contributed by atoms with van der Waals surface area (Å²) in [6.07, 6.45) is 5.36. The van der Waals surface area contributed by atoms with Gasteiger partial charge in [-0.3, -0.25) is 4.90 Å². The van der Waals surface area contributed by atoms with E-state index >= 15 is 0 Å². The topological polar surface area (TPSA) is 51.4 Å². The van der Waals surface area contributed by atoms with Crippen LogP contribution in [0.5, 0.6) is 5.75 Å². The summed E-state index contributed by atoms with van der Waals surface area (Å²) in [6.45, 7) is 8.47. The molecule has 1 heterocycles. The summed E-state index contributed by atoms with van der Waals surface area (Å²) in [5.74, 6) is 7.67. The molecule has 5 nitrogen and oxygen atoms in total. The largest absolute Gasteiger partial charge is 0.489 e. The van der Waals surface area contributed by atoms with Gasteiger partial charge < -0.3 is 9.15 Å². The smallest absolute Gasteiger partial charge is 0.247 e. The second kappa shape index (κ2) is 10.6. The van der Waals surface area contributed by atoms with Gasteiger partial charge in [-0.1, -0.05) is 42.2 Å². The van der Waals surface area contributed by atoms with Crippen molar-refractivity contribution in [2.75, 3.05) is 13.6 Å². The van der Waals surface area contributed by atoms with E-state index in [1.165, 1.54) is 12.0 Å². The summed E-state index contributed by atoms with van der Waals surface area (Å²) in [4.78, 5) is 2.24. The Kier molecular flexibility index (Phi) is 7.64. The van der Waals surface area contributed by atoms with Gasteiger partial charge in [0.15, 0.2) is 0 Å². The minimum atomic E-state index is 0.0326. The highest BCUT2D eigenvalue weighted by molar-refractivity contribution is 5.53. The molecule has 5 heteroatoms. The zero-order valence-corrected chi connectivity index (χ0v) is 18.6. The number of rotatable bonds is 8. The molecule has 0 N–H and O–H groups in total. The molecule has 0 spiro atoms. The number of hydrogen-bond acceptors (Lipinski definition) is 5. The van der Waals surface area contributed by atoms with Crippen molar-refractivity contribution in [1.82, 2.24) is 15.1 Å². The molecule has 1 aromatic heterocycles. The van der Waals surface area contributed by atoms with Crippen molar-refractivity contribution in [3.63, 3.8) is 0 Å². The fourth-order valence-corrected chi connectivity index (χ4v) is 2.92. The molecular formula is C26H29N3O2. The van der Waals surface area contributed by atoms with Gasteiger partial charge in [0.25, 0.3) is 0 Å². The first kappa shape index (κ1) is 22.3.